The lowest BCUT2D eigenvalue weighted by atomic mass is 10.1. The Morgan fingerprint density at radius 3 is 2.50 bits per heavy atom. The van der Waals surface area contributed by atoms with Gasteiger partial charge in [0, 0.05) is 24.6 Å². The number of hydrogen-bond donors (Lipinski definition) is 1. The highest BCUT2D eigenvalue weighted by Crippen LogP contribution is 2.23. The van der Waals surface area contributed by atoms with Crippen molar-refractivity contribution in [3.8, 4) is 11.3 Å². The van der Waals surface area contributed by atoms with E-state index in [0.29, 0.717) is 5.92 Å². The van der Waals surface area contributed by atoms with Crippen molar-refractivity contribution in [1.82, 2.24) is 9.97 Å². The van der Waals surface area contributed by atoms with Gasteiger partial charge in [0.25, 0.3) is 0 Å². The van der Waals surface area contributed by atoms with E-state index < -0.39 is 0 Å². The van der Waals surface area contributed by atoms with Crippen LogP contribution in [0.2, 0.25) is 0 Å². The van der Waals surface area contributed by atoms with E-state index in [1.807, 2.05) is 31.3 Å². The topological polar surface area (TPSA) is 37.8 Å². The van der Waals surface area contributed by atoms with Gasteiger partial charge in [-0.25, -0.2) is 9.97 Å². The first-order chi connectivity index (χ1) is 8.74. The van der Waals surface area contributed by atoms with Crippen molar-refractivity contribution >= 4 is 5.82 Å². The molecule has 0 bridgehead atoms. The Bertz CT molecular complexity index is 508. The number of anilines is 1. The SMILES string of the molecule is CCC(C)c1nc(NC)cc(-c2ccccc2)n1. The summed E-state index contributed by atoms with van der Waals surface area (Å²) in [6.45, 7) is 4.31. The highest BCUT2D eigenvalue weighted by atomic mass is 15.0. The summed E-state index contributed by atoms with van der Waals surface area (Å²) < 4.78 is 0. The van der Waals surface area contributed by atoms with Crippen LogP contribution < -0.4 is 5.32 Å². The van der Waals surface area contributed by atoms with E-state index in [9.17, 15) is 0 Å². The molecule has 0 saturated heterocycles. The zero-order chi connectivity index (χ0) is 13.0. The van der Waals surface area contributed by atoms with E-state index in [-0.39, 0.29) is 0 Å². The second-order valence-electron chi connectivity index (χ2n) is 4.42. The van der Waals surface area contributed by atoms with Crippen molar-refractivity contribution in [2.75, 3.05) is 12.4 Å². The maximum absolute atomic E-state index is 4.67. The van der Waals surface area contributed by atoms with Crippen molar-refractivity contribution in [3.05, 3.63) is 42.2 Å². The van der Waals surface area contributed by atoms with Crippen molar-refractivity contribution in [1.29, 1.82) is 0 Å². The standard InChI is InChI=1S/C15H19N3/c1-4-11(2)15-17-13(10-14(16-3)18-15)12-8-6-5-7-9-12/h5-11H,4H2,1-3H3,(H,16,17,18). The van der Waals surface area contributed by atoms with Crippen LogP contribution in [0.5, 0.6) is 0 Å². The van der Waals surface area contributed by atoms with E-state index in [4.69, 9.17) is 0 Å². The van der Waals surface area contributed by atoms with Crippen LogP contribution in [0.15, 0.2) is 36.4 Å². The third-order valence-electron chi connectivity index (χ3n) is 3.12. The van der Waals surface area contributed by atoms with Crippen LogP contribution in [0.1, 0.15) is 32.0 Å². The van der Waals surface area contributed by atoms with Crippen molar-refractivity contribution in [2.24, 2.45) is 0 Å². The monoisotopic (exact) mass is 241 g/mol. The number of nitrogens with one attached hydrogen (secondary N) is 1. The lowest BCUT2D eigenvalue weighted by Crippen LogP contribution is -2.04. The fourth-order valence-electron chi connectivity index (χ4n) is 1.75. The third kappa shape index (κ3) is 2.67. The molecule has 2 rings (SSSR count). The molecule has 0 aliphatic heterocycles. The Balaban J connectivity index is 2.48. The van der Waals surface area contributed by atoms with Crippen LogP contribution >= 0.6 is 0 Å². The van der Waals surface area contributed by atoms with Gasteiger partial charge < -0.3 is 5.32 Å². The van der Waals surface area contributed by atoms with Crippen LogP contribution in [0.3, 0.4) is 0 Å². The predicted octanol–water partition coefficient (Wildman–Crippen LogP) is 3.70. The van der Waals surface area contributed by atoms with Gasteiger partial charge in [-0.05, 0) is 6.42 Å². The number of rotatable bonds is 4. The molecular formula is C15H19N3. The van der Waals surface area contributed by atoms with Crippen LogP contribution in [0.4, 0.5) is 5.82 Å². The minimum Gasteiger partial charge on any atom is -0.373 e. The number of aromatic nitrogens is 2. The maximum atomic E-state index is 4.67. The van der Waals surface area contributed by atoms with Crippen molar-refractivity contribution < 1.29 is 0 Å². The molecule has 1 unspecified atom stereocenters. The highest BCUT2D eigenvalue weighted by molar-refractivity contribution is 5.62. The lowest BCUT2D eigenvalue weighted by molar-refractivity contribution is 0.680. The molecule has 0 radical (unpaired) electrons. The molecule has 1 N–H and O–H groups in total. The van der Waals surface area contributed by atoms with Gasteiger partial charge in [-0.2, -0.15) is 0 Å². The molecule has 18 heavy (non-hydrogen) atoms. The average Bonchev–Trinajstić information content (AvgIpc) is 2.46. The Morgan fingerprint density at radius 1 is 1.17 bits per heavy atom. The minimum atomic E-state index is 0.376. The van der Waals surface area contributed by atoms with Gasteiger partial charge in [0.2, 0.25) is 0 Å². The molecule has 0 saturated carbocycles. The van der Waals surface area contributed by atoms with E-state index in [1.165, 1.54) is 0 Å². The van der Waals surface area contributed by atoms with Gasteiger partial charge in [0.05, 0.1) is 5.69 Å². The molecule has 3 heteroatoms. The summed E-state index contributed by atoms with van der Waals surface area (Å²) in [7, 11) is 1.89. The van der Waals surface area contributed by atoms with Gasteiger partial charge in [0.15, 0.2) is 0 Å². The largest absolute Gasteiger partial charge is 0.373 e. The second kappa shape index (κ2) is 5.63. The fraction of sp³-hybridized carbons (Fsp3) is 0.333. The van der Waals surface area contributed by atoms with Crippen LogP contribution in [-0.4, -0.2) is 17.0 Å². The first kappa shape index (κ1) is 12.6. The van der Waals surface area contributed by atoms with E-state index >= 15 is 0 Å². The predicted molar refractivity (Wildman–Crippen MR) is 75.7 cm³/mol. The van der Waals surface area contributed by atoms with E-state index in [2.05, 4.69) is 41.3 Å². The smallest absolute Gasteiger partial charge is 0.134 e. The second-order valence-corrected chi connectivity index (χ2v) is 4.42. The Morgan fingerprint density at radius 2 is 1.89 bits per heavy atom. The zero-order valence-corrected chi connectivity index (χ0v) is 11.1. The molecule has 2 aromatic rings. The van der Waals surface area contributed by atoms with Crippen LogP contribution in [0, 0.1) is 0 Å². The highest BCUT2D eigenvalue weighted by Gasteiger charge is 2.10. The van der Waals surface area contributed by atoms with E-state index in [1.54, 1.807) is 0 Å². The maximum Gasteiger partial charge on any atom is 0.134 e. The van der Waals surface area contributed by atoms with Gasteiger partial charge in [-0.15, -0.1) is 0 Å². The van der Waals surface area contributed by atoms with Crippen molar-refractivity contribution in [2.45, 2.75) is 26.2 Å². The van der Waals surface area contributed by atoms with Crippen molar-refractivity contribution in [3.63, 3.8) is 0 Å². The summed E-state index contributed by atoms with van der Waals surface area (Å²) in [5.74, 6) is 2.16. The van der Waals surface area contributed by atoms with Gasteiger partial charge in [0.1, 0.15) is 11.6 Å². The quantitative estimate of drug-likeness (QED) is 0.887. The molecule has 0 aliphatic rings. The molecule has 94 valence electrons. The number of nitrogens with zero attached hydrogens (tertiary/aromatic N) is 2. The van der Waals surface area contributed by atoms with Gasteiger partial charge in [-0.3, -0.25) is 0 Å². The average molecular weight is 241 g/mol. The summed E-state index contributed by atoms with van der Waals surface area (Å²) in [6, 6.07) is 12.2. The molecule has 1 aromatic carbocycles. The Kier molecular flexibility index (Phi) is 3.92. The molecule has 0 fully saturated rings. The van der Waals surface area contributed by atoms with Gasteiger partial charge >= 0.3 is 0 Å². The molecule has 3 nitrogen and oxygen atoms in total. The minimum absolute atomic E-state index is 0.376. The molecule has 0 aliphatic carbocycles. The number of hydrogen-bond acceptors (Lipinski definition) is 3. The van der Waals surface area contributed by atoms with E-state index in [0.717, 1.165) is 29.3 Å². The molecule has 0 amide bonds. The first-order valence-corrected chi connectivity index (χ1v) is 6.36. The molecule has 1 heterocycles. The molecular weight excluding hydrogens is 222 g/mol. The molecule has 0 spiro atoms. The normalized spacial score (nSPS) is 12.2. The summed E-state index contributed by atoms with van der Waals surface area (Å²) in [5.41, 5.74) is 2.10. The van der Waals surface area contributed by atoms with Crippen LogP contribution in [0.25, 0.3) is 11.3 Å². The summed E-state index contributed by atoms with van der Waals surface area (Å²) >= 11 is 0. The number of benzene rings is 1. The lowest BCUT2D eigenvalue weighted by Gasteiger charge is -2.11. The van der Waals surface area contributed by atoms with Gasteiger partial charge in [-0.1, -0.05) is 44.2 Å². The fourth-order valence-corrected chi connectivity index (χ4v) is 1.75. The molecule has 1 aromatic heterocycles. The third-order valence-corrected chi connectivity index (χ3v) is 3.12. The van der Waals surface area contributed by atoms with Crippen LogP contribution in [-0.2, 0) is 0 Å². The zero-order valence-electron chi connectivity index (χ0n) is 11.1. The summed E-state index contributed by atoms with van der Waals surface area (Å²) in [4.78, 5) is 9.20. The first-order valence-electron chi connectivity index (χ1n) is 6.36. The molecule has 1 atom stereocenters. The summed E-state index contributed by atoms with van der Waals surface area (Å²) in [5, 5.41) is 3.11. The Hall–Kier alpha value is -1.90. The Labute approximate surface area is 108 Å². The summed E-state index contributed by atoms with van der Waals surface area (Å²) in [6.07, 6.45) is 1.04.